The van der Waals surface area contributed by atoms with Gasteiger partial charge in [0.15, 0.2) is 0 Å². The number of pyridine rings is 1. The molecule has 164 valence electrons. The lowest BCUT2D eigenvalue weighted by Crippen LogP contribution is -2.44. The first-order valence-electron chi connectivity index (χ1n) is 11.1. The predicted octanol–water partition coefficient (Wildman–Crippen LogP) is 4.28. The van der Waals surface area contributed by atoms with Gasteiger partial charge < -0.3 is 15.0 Å². The molecular formula is C25H26ClN5O. The van der Waals surface area contributed by atoms with Crippen LogP contribution in [0.15, 0.2) is 48.5 Å². The van der Waals surface area contributed by atoms with E-state index in [2.05, 4.69) is 27.3 Å². The number of hydrogen-bond acceptors (Lipinski definition) is 6. The van der Waals surface area contributed by atoms with Crippen molar-refractivity contribution in [2.24, 2.45) is 0 Å². The minimum absolute atomic E-state index is 0.489. The van der Waals surface area contributed by atoms with Gasteiger partial charge in [-0.3, -0.25) is 4.90 Å². The van der Waals surface area contributed by atoms with E-state index in [9.17, 15) is 5.26 Å². The first kappa shape index (κ1) is 21.0. The van der Waals surface area contributed by atoms with E-state index in [0.29, 0.717) is 29.0 Å². The van der Waals surface area contributed by atoms with Crippen molar-refractivity contribution in [3.05, 3.63) is 64.7 Å². The molecule has 0 amide bonds. The Morgan fingerprint density at radius 2 is 1.88 bits per heavy atom. The third-order valence-corrected chi connectivity index (χ3v) is 6.64. The number of ether oxygens (including phenoxy) is 1. The van der Waals surface area contributed by atoms with Gasteiger partial charge in [0.25, 0.3) is 0 Å². The Morgan fingerprint density at radius 3 is 2.66 bits per heavy atom. The van der Waals surface area contributed by atoms with E-state index in [1.54, 1.807) is 0 Å². The van der Waals surface area contributed by atoms with Crippen LogP contribution in [0.3, 0.4) is 0 Å². The highest BCUT2D eigenvalue weighted by Crippen LogP contribution is 2.36. The topological polar surface area (TPSA) is 64.4 Å². The lowest BCUT2D eigenvalue weighted by atomic mass is 10.1. The molecule has 2 aliphatic heterocycles. The summed E-state index contributed by atoms with van der Waals surface area (Å²) in [5.74, 6) is 0.631. The normalized spacial score (nSPS) is 19.2. The molecule has 1 N–H and O–H groups in total. The summed E-state index contributed by atoms with van der Waals surface area (Å²) in [6.07, 6.45) is 1.09. The Morgan fingerprint density at radius 1 is 1.09 bits per heavy atom. The number of nitriles is 1. The molecular weight excluding hydrogens is 422 g/mol. The largest absolute Gasteiger partial charge is 0.379 e. The van der Waals surface area contributed by atoms with Crippen LogP contribution in [0, 0.1) is 11.3 Å². The molecule has 32 heavy (non-hydrogen) atoms. The number of anilines is 2. The minimum atomic E-state index is 0.489. The van der Waals surface area contributed by atoms with E-state index in [1.165, 1.54) is 0 Å². The van der Waals surface area contributed by atoms with Crippen molar-refractivity contribution < 1.29 is 4.74 Å². The molecule has 0 saturated carbocycles. The number of aromatic nitrogens is 1. The summed E-state index contributed by atoms with van der Waals surface area (Å²) >= 11 is 6.01. The fourth-order valence-corrected chi connectivity index (χ4v) is 4.86. The van der Waals surface area contributed by atoms with Crippen molar-refractivity contribution in [3.8, 4) is 6.07 Å². The lowest BCUT2D eigenvalue weighted by molar-refractivity contribution is 0.0209. The number of halogens is 1. The molecule has 6 nitrogen and oxygen atoms in total. The molecule has 2 aromatic carbocycles. The lowest BCUT2D eigenvalue weighted by Gasteiger charge is -2.32. The number of hydrogen-bond donors (Lipinski definition) is 1. The number of morpholine rings is 1. The number of benzene rings is 2. The van der Waals surface area contributed by atoms with Gasteiger partial charge in [0.2, 0.25) is 0 Å². The first-order chi connectivity index (χ1) is 15.7. The Kier molecular flexibility index (Phi) is 6.13. The standard InChI is InChI=1S/C25H26ClN5O/c26-19-7-5-18(6-8-19)16-28-25-22(15-27)24(21-3-1-2-4-23(21)29-25)31-10-9-20(17-31)30-11-13-32-14-12-30/h1-8,20H,9-14,16-17H2,(H,28,29). The number of fused-ring (bicyclic) bond motifs is 1. The van der Waals surface area contributed by atoms with Crippen LogP contribution in [-0.2, 0) is 11.3 Å². The monoisotopic (exact) mass is 447 g/mol. The maximum absolute atomic E-state index is 10.2. The Bertz CT molecular complexity index is 1140. The maximum atomic E-state index is 10.2. The second kappa shape index (κ2) is 9.33. The highest BCUT2D eigenvalue weighted by molar-refractivity contribution is 6.30. The molecule has 0 spiro atoms. The molecule has 5 rings (SSSR count). The molecule has 1 unspecified atom stereocenters. The van der Waals surface area contributed by atoms with Gasteiger partial charge in [0.05, 0.1) is 24.4 Å². The van der Waals surface area contributed by atoms with Crippen molar-refractivity contribution in [2.75, 3.05) is 49.6 Å². The molecule has 0 radical (unpaired) electrons. The molecule has 2 saturated heterocycles. The SMILES string of the molecule is N#Cc1c(NCc2ccc(Cl)cc2)nc2ccccc2c1N1CCC(N2CCOCC2)C1. The summed E-state index contributed by atoms with van der Waals surface area (Å²) in [7, 11) is 0. The average molecular weight is 448 g/mol. The average Bonchev–Trinajstić information content (AvgIpc) is 3.33. The van der Waals surface area contributed by atoms with Crippen molar-refractivity contribution in [3.63, 3.8) is 0 Å². The van der Waals surface area contributed by atoms with E-state index < -0.39 is 0 Å². The van der Waals surface area contributed by atoms with Gasteiger partial charge in [-0.1, -0.05) is 41.9 Å². The Hall–Kier alpha value is -2.85. The van der Waals surface area contributed by atoms with Crippen LogP contribution in [0.1, 0.15) is 17.5 Å². The third kappa shape index (κ3) is 4.24. The zero-order chi connectivity index (χ0) is 21.9. The van der Waals surface area contributed by atoms with Gasteiger partial charge in [-0.15, -0.1) is 0 Å². The summed E-state index contributed by atoms with van der Waals surface area (Å²) in [4.78, 5) is 9.70. The molecule has 0 bridgehead atoms. The van der Waals surface area contributed by atoms with Crippen LogP contribution in [0.2, 0.25) is 5.02 Å². The number of para-hydroxylation sites is 1. The van der Waals surface area contributed by atoms with Gasteiger partial charge in [0.1, 0.15) is 17.5 Å². The number of nitrogens with one attached hydrogen (secondary N) is 1. The highest BCUT2D eigenvalue weighted by Gasteiger charge is 2.31. The Labute approximate surface area is 193 Å². The maximum Gasteiger partial charge on any atom is 0.147 e. The van der Waals surface area contributed by atoms with E-state index in [1.807, 2.05) is 42.5 Å². The van der Waals surface area contributed by atoms with E-state index >= 15 is 0 Å². The molecule has 3 heterocycles. The highest BCUT2D eigenvalue weighted by atomic mass is 35.5. The second-order valence-electron chi connectivity index (χ2n) is 8.33. The number of nitrogens with zero attached hydrogens (tertiary/aromatic N) is 4. The van der Waals surface area contributed by atoms with Crippen LogP contribution < -0.4 is 10.2 Å². The molecule has 2 fully saturated rings. The Balaban J connectivity index is 1.47. The van der Waals surface area contributed by atoms with Crippen LogP contribution >= 0.6 is 11.6 Å². The first-order valence-corrected chi connectivity index (χ1v) is 11.5. The van der Waals surface area contributed by atoms with Gasteiger partial charge in [0, 0.05) is 49.2 Å². The van der Waals surface area contributed by atoms with E-state index in [-0.39, 0.29) is 0 Å². The molecule has 0 aliphatic carbocycles. The number of rotatable bonds is 5. The molecule has 7 heteroatoms. The van der Waals surface area contributed by atoms with E-state index in [4.69, 9.17) is 21.3 Å². The summed E-state index contributed by atoms with van der Waals surface area (Å²) in [5.41, 5.74) is 3.59. The van der Waals surface area contributed by atoms with Crippen LogP contribution in [0.4, 0.5) is 11.5 Å². The van der Waals surface area contributed by atoms with Gasteiger partial charge in [-0.05, 0) is 30.2 Å². The van der Waals surface area contributed by atoms with Crippen molar-refractivity contribution in [2.45, 2.75) is 19.0 Å². The zero-order valence-electron chi connectivity index (χ0n) is 17.9. The molecule has 2 aliphatic rings. The van der Waals surface area contributed by atoms with Crippen molar-refractivity contribution in [1.82, 2.24) is 9.88 Å². The third-order valence-electron chi connectivity index (χ3n) is 6.39. The van der Waals surface area contributed by atoms with Gasteiger partial charge in [-0.2, -0.15) is 5.26 Å². The van der Waals surface area contributed by atoms with Gasteiger partial charge >= 0.3 is 0 Å². The summed E-state index contributed by atoms with van der Waals surface area (Å²) < 4.78 is 5.53. The summed E-state index contributed by atoms with van der Waals surface area (Å²) in [6.45, 7) is 5.99. The fourth-order valence-electron chi connectivity index (χ4n) is 4.73. The minimum Gasteiger partial charge on any atom is -0.379 e. The quantitative estimate of drug-likeness (QED) is 0.629. The van der Waals surface area contributed by atoms with Crippen molar-refractivity contribution >= 4 is 34.0 Å². The smallest absolute Gasteiger partial charge is 0.147 e. The fraction of sp³-hybridized carbons (Fsp3) is 0.360. The summed E-state index contributed by atoms with van der Waals surface area (Å²) in [6, 6.07) is 18.8. The van der Waals surface area contributed by atoms with Crippen LogP contribution in [-0.4, -0.2) is 55.3 Å². The van der Waals surface area contributed by atoms with Crippen LogP contribution in [0.5, 0.6) is 0 Å². The van der Waals surface area contributed by atoms with Crippen molar-refractivity contribution in [1.29, 1.82) is 5.26 Å². The zero-order valence-corrected chi connectivity index (χ0v) is 18.7. The van der Waals surface area contributed by atoms with Crippen LogP contribution in [0.25, 0.3) is 10.9 Å². The summed E-state index contributed by atoms with van der Waals surface area (Å²) in [5, 5.41) is 15.3. The molecule has 1 aromatic heterocycles. The second-order valence-corrected chi connectivity index (χ2v) is 8.77. The van der Waals surface area contributed by atoms with Gasteiger partial charge in [-0.25, -0.2) is 4.98 Å². The molecule has 1 atom stereocenters. The van der Waals surface area contributed by atoms with E-state index in [0.717, 1.165) is 68.0 Å². The molecule has 3 aromatic rings. The predicted molar refractivity (Wildman–Crippen MR) is 128 cm³/mol.